The van der Waals surface area contributed by atoms with Gasteiger partial charge in [0.2, 0.25) is 0 Å². The van der Waals surface area contributed by atoms with Crippen molar-refractivity contribution in [2.75, 3.05) is 0 Å². The SMILES string of the molecule is CC[C@@H]1/C(=N\NS(=O)(=O)c2c(C(C)C)cc(C(C)C)cc2C(C)C)CC[C@@H]1C. The molecule has 1 saturated carbocycles. The standard InChI is InChI=1S/C23H38N2O2S/c1-9-19-17(8)10-11-22(19)24-25-28(26,27)23-20(15(4)5)12-18(14(2)3)13-21(23)16(6)7/h12-17,19,25H,9-11H2,1-8H3/b24-22-/t17-,19-/m0/s1. The van der Waals surface area contributed by atoms with E-state index in [1.54, 1.807) is 0 Å². The maximum absolute atomic E-state index is 13.4. The van der Waals surface area contributed by atoms with Crippen molar-refractivity contribution >= 4 is 15.7 Å². The fraction of sp³-hybridized carbons (Fsp3) is 0.696. The lowest BCUT2D eigenvalue weighted by atomic mass is 9.89. The van der Waals surface area contributed by atoms with Crippen LogP contribution in [0.1, 0.15) is 109 Å². The molecule has 2 rings (SSSR count). The Bertz CT molecular complexity index is 794. The predicted octanol–water partition coefficient (Wildman–Crippen LogP) is 6.15. The zero-order chi connectivity index (χ0) is 21.2. The van der Waals surface area contributed by atoms with Crippen molar-refractivity contribution < 1.29 is 8.42 Å². The lowest BCUT2D eigenvalue weighted by Crippen LogP contribution is -2.25. The van der Waals surface area contributed by atoms with E-state index in [-0.39, 0.29) is 11.8 Å². The highest BCUT2D eigenvalue weighted by Crippen LogP contribution is 2.35. The van der Waals surface area contributed by atoms with Gasteiger partial charge in [-0.3, -0.25) is 0 Å². The molecule has 1 fully saturated rings. The normalized spacial score (nSPS) is 22.0. The van der Waals surface area contributed by atoms with Gasteiger partial charge >= 0.3 is 0 Å². The summed E-state index contributed by atoms with van der Waals surface area (Å²) in [4.78, 5) is 3.02. The topological polar surface area (TPSA) is 58.5 Å². The van der Waals surface area contributed by atoms with Gasteiger partial charge in [0.1, 0.15) is 0 Å². The van der Waals surface area contributed by atoms with Gasteiger partial charge in [0.05, 0.1) is 4.90 Å². The molecule has 28 heavy (non-hydrogen) atoms. The molecule has 0 aliphatic heterocycles. The number of hydrogen-bond donors (Lipinski definition) is 1. The minimum atomic E-state index is -3.73. The van der Waals surface area contributed by atoms with Gasteiger partial charge in [-0.15, -0.1) is 0 Å². The van der Waals surface area contributed by atoms with E-state index < -0.39 is 10.0 Å². The van der Waals surface area contributed by atoms with Crippen LogP contribution in [0.25, 0.3) is 0 Å². The van der Waals surface area contributed by atoms with Crippen LogP contribution in [0, 0.1) is 11.8 Å². The second-order valence-electron chi connectivity index (χ2n) is 9.22. The quantitative estimate of drug-likeness (QED) is 0.552. The fourth-order valence-corrected chi connectivity index (χ4v) is 5.77. The van der Waals surface area contributed by atoms with Crippen LogP contribution in [0.2, 0.25) is 0 Å². The maximum Gasteiger partial charge on any atom is 0.277 e. The van der Waals surface area contributed by atoms with Gasteiger partial charge in [0, 0.05) is 11.6 Å². The smallest absolute Gasteiger partial charge is 0.200 e. The van der Waals surface area contributed by atoms with Crippen molar-refractivity contribution in [2.45, 2.75) is 97.3 Å². The molecule has 0 bridgehead atoms. The Kier molecular flexibility index (Phi) is 7.35. The van der Waals surface area contributed by atoms with E-state index >= 15 is 0 Å². The molecule has 1 aliphatic carbocycles. The molecule has 1 aromatic rings. The van der Waals surface area contributed by atoms with Crippen LogP contribution in [0.15, 0.2) is 22.1 Å². The largest absolute Gasteiger partial charge is 0.277 e. The van der Waals surface area contributed by atoms with E-state index in [2.05, 4.69) is 77.5 Å². The summed E-state index contributed by atoms with van der Waals surface area (Å²) < 4.78 is 26.8. The predicted molar refractivity (Wildman–Crippen MR) is 119 cm³/mol. The van der Waals surface area contributed by atoms with Crippen LogP contribution in [-0.2, 0) is 10.0 Å². The first-order valence-electron chi connectivity index (χ1n) is 10.8. The molecule has 158 valence electrons. The lowest BCUT2D eigenvalue weighted by molar-refractivity contribution is 0.467. The number of hydrazone groups is 1. The number of benzene rings is 1. The summed E-state index contributed by atoms with van der Waals surface area (Å²) in [5.41, 5.74) is 3.95. The molecule has 1 aromatic carbocycles. The van der Waals surface area contributed by atoms with Gasteiger partial charge in [0.25, 0.3) is 10.0 Å². The van der Waals surface area contributed by atoms with Crippen molar-refractivity contribution in [3.8, 4) is 0 Å². The highest BCUT2D eigenvalue weighted by molar-refractivity contribution is 7.89. The summed E-state index contributed by atoms with van der Waals surface area (Å²) in [7, 11) is -3.73. The minimum absolute atomic E-state index is 0.116. The second kappa shape index (κ2) is 8.98. The van der Waals surface area contributed by atoms with E-state index in [0.29, 0.717) is 22.6 Å². The molecule has 4 nitrogen and oxygen atoms in total. The fourth-order valence-electron chi connectivity index (χ4n) is 4.23. The summed E-state index contributed by atoms with van der Waals surface area (Å²) in [6, 6.07) is 4.13. The van der Waals surface area contributed by atoms with Gasteiger partial charge in [-0.2, -0.15) is 13.5 Å². The molecule has 0 saturated heterocycles. The first-order valence-corrected chi connectivity index (χ1v) is 12.2. The Morgan fingerprint density at radius 3 is 2.00 bits per heavy atom. The zero-order valence-corrected chi connectivity index (χ0v) is 19.7. The van der Waals surface area contributed by atoms with E-state index in [4.69, 9.17) is 0 Å². The van der Waals surface area contributed by atoms with Crippen LogP contribution >= 0.6 is 0 Å². The number of hydrogen-bond acceptors (Lipinski definition) is 3. The maximum atomic E-state index is 13.4. The summed E-state index contributed by atoms with van der Waals surface area (Å²) in [5.74, 6) is 1.53. The first kappa shape index (κ1) is 22.9. The third-order valence-electron chi connectivity index (χ3n) is 6.07. The van der Waals surface area contributed by atoms with Crippen LogP contribution in [0.3, 0.4) is 0 Å². The number of nitrogens with zero attached hydrogens (tertiary/aromatic N) is 1. The van der Waals surface area contributed by atoms with Gasteiger partial charge in [-0.1, -0.05) is 67.5 Å². The molecule has 0 aromatic heterocycles. The van der Waals surface area contributed by atoms with Crippen molar-refractivity contribution in [2.24, 2.45) is 16.9 Å². The molecular weight excluding hydrogens is 368 g/mol. The molecule has 0 radical (unpaired) electrons. The molecule has 0 spiro atoms. The average Bonchev–Trinajstić information content (AvgIpc) is 2.98. The highest BCUT2D eigenvalue weighted by Gasteiger charge is 2.30. The molecule has 1 aliphatic rings. The van der Waals surface area contributed by atoms with Crippen molar-refractivity contribution in [3.63, 3.8) is 0 Å². The van der Waals surface area contributed by atoms with Crippen molar-refractivity contribution in [3.05, 3.63) is 28.8 Å². The van der Waals surface area contributed by atoms with E-state index in [1.807, 2.05) is 0 Å². The van der Waals surface area contributed by atoms with Gasteiger partial charge in [0.15, 0.2) is 0 Å². The van der Waals surface area contributed by atoms with E-state index in [1.165, 1.54) is 5.56 Å². The highest BCUT2D eigenvalue weighted by atomic mass is 32.2. The Morgan fingerprint density at radius 1 is 1.04 bits per heavy atom. The average molecular weight is 407 g/mol. The molecule has 0 unspecified atom stereocenters. The summed E-state index contributed by atoms with van der Waals surface area (Å²) in [6.07, 6.45) is 2.96. The zero-order valence-electron chi connectivity index (χ0n) is 18.8. The van der Waals surface area contributed by atoms with Crippen LogP contribution in [-0.4, -0.2) is 14.1 Å². The Labute approximate surface area is 172 Å². The monoisotopic (exact) mass is 406 g/mol. The Balaban J connectivity index is 2.55. The van der Waals surface area contributed by atoms with Gasteiger partial charge in [-0.25, -0.2) is 4.83 Å². The third-order valence-corrected chi connectivity index (χ3v) is 7.41. The van der Waals surface area contributed by atoms with Crippen LogP contribution in [0.5, 0.6) is 0 Å². The second-order valence-corrected chi connectivity index (χ2v) is 10.8. The summed E-state index contributed by atoms with van der Waals surface area (Å²) >= 11 is 0. The number of sulfonamides is 1. The Morgan fingerprint density at radius 2 is 1.57 bits per heavy atom. The Hall–Kier alpha value is -1.36. The number of nitrogens with one attached hydrogen (secondary N) is 1. The first-order chi connectivity index (χ1) is 13.0. The third kappa shape index (κ3) is 4.79. The van der Waals surface area contributed by atoms with Crippen LogP contribution in [0.4, 0.5) is 0 Å². The molecular formula is C23H38N2O2S. The molecule has 2 atom stereocenters. The van der Waals surface area contributed by atoms with Gasteiger partial charge in [-0.05, 0) is 59.6 Å². The van der Waals surface area contributed by atoms with Crippen LogP contribution < -0.4 is 4.83 Å². The lowest BCUT2D eigenvalue weighted by Gasteiger charge is -2.22. The minimum Gasteiger partial charge on any atom is -0.200 e. The van der Waals surface area contributed by atoms with Crippen molar-refractivity contribution in [1.82, 2.24) is 4.83 Å². The molecule has 0 amide bonds. The van der Waals surface area contributed by atoms with Crippen molar-refractivity contribution in [1.29, 1.82) is 0 Å². The van der Waals surface area contributed by atoms with E-state index in [0.717, 1.165) is 36.1 Å². The molecule has 5 heteroatoms. The molecule has 1 N–H and O–H groups in total. The van der Waals surface area contributed by atoms with E-state index in [9.17, 15) is 8.42 Å². The summed E-state index contributed by atoms with van der Waals surface area (Å²) in [6.45, 7) is 16.9. The van der Waals surface area contributed by atoms with Gasteiger partial charge < -0.3 is 0 Å². The molecule has 0 heterocycles. The number of rotatable bonds is 7. The summed E-state index contributed by atoms with van der Waals surface area (Å²) in [5, 5.41) is 4.41.